The number of hydrogen-bond donors (Lipinski definition) is 4. The number of aliphatic carboxylic acids is 2. The molecule has 8 N–H and O–H groups in total. The van der Waals surface area contributed by atoms with E-state index in [1.165, 1.54) is 0 Å². The SMILES string of the molecule is Cl.N.N.O=C(O)CCC(=O)O. The zero-order chi connectivity index (χ0) is 6.57. The third kappa shape index (κ3) is 27.2. The van der Waals surface area contributed by atoms with Gasteiger partial charge in [0.15, 0.2) is 0 Å². The Morgan fingerprint density at radius 2 is 1.09 bits per heavy atom. The van der Waals surface area contributed by atoms with E-state index in [1.54, 1.807) is 0 Å². The standard InChI is InChI=1S/C4H6O4.ClH.2H3N/c5-3(6)1-2-4(7)8;;;/h1-2H2,(H,5,6)(H,7,8);1H;2*1H3. The number of carboxylic acids is 2. The van der Waals surface area contributed by atoms with Gasteiger partial charge in [-0.2, -0.15) is 0 Å². The second-order valence-corrected chi connectivity index (χ2v) is 1.29. The van der Waals surface area contributed by atoms with Crippen LogP contribution in [0, 0.1) is 0 Å². The normalized spacial score (nSPS) is 6.18. The van der Waals surface area contributed by atoms with Gasteiger partial charge in [-0.1, -0.05) is 0 Å². The lowest BCUT2D eigenvalue weighted by atomic mass is 10.3. The Bertz CT molecular complexity index is 105. The molecule has 0 rings (SSSR count). The van der Waals surface area contributed by atoms with Gasteiger partial charge in [0.05, 0.1) is 12.8 Å². The van der Waals surface area contributed by atoms with Crippen LogP contribution in [0.2, 0.25) is 0 Å². The van der Waals surface area contributed by atoms with Crippen molar-refractivity contribution in [2.24, 2.45) is 0 Å². The molecular formula is C4H13ClN2O4. The van der Waals surface area contributed by atoms with Gasteiger partial charge in [-0.05, 0) is 0 Å². The van der Waals surface area contributed by atoms with Gasteiger partial charge in [-0.3, -0.25) is 9.59 Å². The van der Waals surface area contributed by atoms with Crippen LogP contribution in [0.15, 0.2) is 0 Å². The predicted octanol–water partition coefficient (Wildman–Crippen LogP) is 0.682. The third-order valence-corrected chi connectivity index (χ3v) is 0.553. The molecule has 0 aromatic rings. The smallest absolute Gasteiger partial charge is 0.303 e. The summed E-state index contributed by atoms with van der Waals surface area (Å²) in [5.41, 5.74) is 0. The Kier molecular flexibility index (Phi) is 24.3. The average Bonchev–Trinajstić information content (AvgIpc) is 1.61. The van der Waals surface area contributed by atoms with Crippen LogP contribution in [0.25, 0.3) is 0 Å². The summed E-state index contributed by atoms with van der Waals surface area (Å²) in [6.07, 6.45) is -0.593. The Morgan fingerprint density at radius 3 is 1.18 bits per heavy atom. The lowest BCUT2D eigenvalue weighted by Gasteiger charge is -1.85. The molecule has 0 saturated carbocycles. The van der Waals surface area contributed by atoms with Gasteiger partial charge in [-0.25, -0.2) is 0 Å². The Hall–Kier alpha value is -0.850. The van der Waals surface area contributed by atoms with E-state index in [2.05, 4.69) is 0 Å². The van der Waals surface area contributed by atoms with Gasteiger partial charge in [0.1, 0.15) is 0 Å². The van der Waals surface area contributed by atoms with E-state index in [9.17, 15) is 9.59 Å². The maximum Gasteiger partial charge on any atom is 0.303 e. The number of halogens is 1. The molecule has 0 bridgehead atoms. The molecule has 11 heavy (non-hydrogen) atoms. The predicted molar refractivity (Wildman–Crippen MR) is 41.8 cm³/mol. The van der Waals surface area contributed by atoms with Crippen molar-refractivity contribution in [3.63, 3.8) is 0 Å². The lowest BCUT2D eigenvalue weighted by molar-refractivity contribution is -0.143. The van der Waals surface area contributed by atoms with Crippen LogP contribution in [-0.2, 0) is 9.59 Å². The van der Waals surface area contributed by atoms with Crippen LogP contribution in [0.1, 0.15) is 12.8 Å². The number of hydrogen-bond acceptors (Lipinski definition) is 4. The summed E-state index contributed by atoms with van der Waals surface area (Å²) in [6.45, 7) is 0. The fourth-order valence-corrected chi connectivity index (χ4v) is 0.214. The summed E-state index contributed by atoms with van der Waals surface area (Å²) < 4.78 is 0. The molecule has 0 spiro atoms. The largest absolute Gasteiger partial charge is 0.481 e. The Labute approximate surface area is 70.2 Å². The van der Waals surface area contributed by atoms with E-state index in [-0.39, 0.29) is 37.5 Å². The summed E-state index contributed by atoms with van der Waals surface area (Å²) in [5.74, 6) is -2.15. The lowest BCUT2D eigenvalue weighted by Crippen LogP contribution is -2.00. The summed E-state index contributed by atoms with van der Waals surface area (Å²) in [4.78, 5) is 19.3. The van der Waals surface area contributed by atoms with Crippen molar-refractivity contribution in [3.8, 4) is 0 Å². The Morgan fingerprint density at radius 1 is 0.909 bits per heavy atom. The second kappa shape index (κ2) is 11.9. The number of rotatable bonds is 3. The van der Waals surface area contributed by atoms with Gasteiger partial charge in [0.25, 0.3) is 0 Å². The molecule has 0 heterocycles. The maximum atomic E-state index is 9.64. The van der Waals surface area contributed by atoms with Gasteiger partial charge in [-0.15, -0.1) is 12.4 Å². The van der Waals surface area contributed by atoms with Crippen molar-refractivity contribution in [2.45, 2.75) is 12.8 Å². The third-order valence-electron chi connectivity index (χ3n) is 0.553. The summed E-state index contributed by atoms with van der Waals surface area (Å²) in [5, 5.41) is 15.8. The molecule has 0 fully saturated rings. The van der Waals surface area contributed by atoms with E-state index >= 15 is 0 Å². The molecule has 7 heteroatoms. The molecule has 0 unspecified atom stereocenters. The fourth-order valence-electron chi connectivity index (χ4n) is 0.214. The van der Waals surface area contributed by atoms with Crippen molar-refractivity contribution in [3.05, 3.63) is 0 Å². The molecule has 0 amide bonds. The zero-order valence-electron chi connectivity index (χ0n) is 5.95. The minimum atomic E-state index is -1.08. The van der Waals surface area contributed by atoms with E-state index in [0.29, 0.717) is 0 Å². The van der Waals surface area contributed by atoms with E-state index in [0.717, 1.165) is 0 Å². The molecule has 0 aliphatic heterocycles. The molecule has 0 atom stereocenters. The first-order chi connectivity index (χ1) is 3.63. The van der Waals surface area contributed by atoms with E-state index in [1.807, 2.05) is 0 Å². The fraction of sp³-hybridized carbons (Fsp3) is 0.500. The quantitative estimate of drug-likeness (QED) is 0.513. The van der Waals surface area contributed by atoms with E-state index in [4.69, 9.17) is 10.2 Å². The van der Waals surface area contributed by atoms with Crippen molar-refractivity contribution in [1.29, 1.82) is 0 Å². The molecule has 0 radical (unpaired) electrons. The van der Waals surface area contributed by atoms with Crippen LogP contribution in [0.4, 0.5) is 0 Å². The number of carbonyl (C=O) groups is 2. The summed E-state index contributed by atoms with van der Waals surface area (Å²) in [7, 11) is 0. The second-order valence-electron chi connectivity index (χ2n) is 1.29. The molecular weight excluding hydrogens is 176 g/mol. The van der Waals surface area contributed by atoms with Crippen molar-refractivity contribution < 1.29 is 19.8 Å². The van der Waals surface area contributed by atoms with E-state index < -0.39 is 11.9 Å². The minimum absolute atomic E-state index is 0. The molecule has 0 aromatic heterocycles. The average molecular weight is 189 g/mol. The van der Waals surface area contributed by atoms with Crippen LogP contribution >= 0.6 is 12.4 Å². The zero-order valence-corrected chi connectivity index (χ0v) is 6.76. The maximum absolute atomic E-state index is 9.64. The first kappa shape index (κ1) is 22.5. The molecule has 0 saturated heterocycles. The van der Waals surface area contributed by atoms with Gasteiger partial charge < -0.3 is 22.5 Å². The first-order valence-electron chi connectivity index (χ1n) is 2.06. The highest BCUT2D eigenvalue weighted by Gasteiger charge is 2.00. The van der Waals surface area contributed by atoms with Gasteiger partial charge in [0.2, 0.25) is 0 Å². The van der Waals surface area contributed by atoms with Gasteiger partial charge in [0, 0.05) is 0 Å². The molecule has 0 aliphatic carbocycles. The van der Waals surface area contributed by atoms with Crippen LogP contribution < -0.4 is 12.3 Å². The molecule has 0 aliphatic rings. The number of carboxylic acid groups (broad SMARTS) is 2. The highest BCUT2D eigenvalue weighted by Crippen LogP contribution is 1.85. The van der Waals surface area contributed by atoms with Crippen molar-refractivity contribution >= 4 is 24.3 Å². The topological polar surface area (TPSA) is 145 Å². The van der Waals surface area contributed by atoms with Gasteiger partial charge >= 0.3 is 11.9 Å². The highest BCUT2D eigenvalue weighted by molar-refractivity contribution is 5.85. The highest BCUT2D eigenvalue weighted by atomic mass is 35.5. The molecule has 0 aromatic carbocycles. The summed E-state index contributed by atoms with van der Waals surface area (Å²) >= 11 is 0. The summed E-state index contributed by atoms with van der Waals surface area (Å²) in [6, 6.07) is 0. The minimum Gasteiger partial charge on any atom is -0.481 e. The molecule has 6 nitrogen and oxygen atoms in total. The Balaban J connectivity index is -0.0000000817. The van der Waals surface area contributed by atoms with Crippen LogP contribution in [-0.4, -0.2) is 22.2 Å². The van der Waals surface area contributed by atoms with Crippen molar-refractivity contribution in [1.82, 2.24) is 12.3 Å². The van der Waals surface area contributed by atoms with Crippen LogP contribution in [0.3, 0.4) is 0 Å². The molecule has 70 valence electrons. The first-order valence-corrected chi connectivity index (χ1v) is 2.06. The monoisotopic (exact) mass is 188 g/mol. The van der Waals surface area contributed by atoms with Crippen LogP contribution in [0.5, 0.6) is 0 Å². The van der Waals surface area contributed by atoms with Crippen molar-refractivity contribution in [2.75, 3.05) is 0 Å².